The molecular formula is C31H28N2O3. The van der Waals surface area contributed by atoms with Crippen molar-refractivity contribution in [2.24, 2.45) is 0 Å². The van der Waals surface area contributed by atoms with Crippen LogP contribution in [0.4, 0.5) is 0 Å². The molecule has 0 saturated heterocycles. The lowest BCUT2D eigenvalue weighted by Crippen LogP contribution is -2.37. The minimum atomic E-state index is -0.414. The molecule has 2 N–H and O–H groups in total. The lowest BCUT2D eigenvalue weighted by Gasteiger charge is -2.21. The number of carbonyl (C=O) groups is 2. The minimum absolute atomic E-state index is 0.118. The highest BCUT2D eigenvalue weighted by atomic mass is 16.5. The third kappa shape index (κ3) is 6.27. The highest BCUT2D eigenvalue weighted by Gasteiger charge is 2.21. The van der Waals surface area contributed by atoms with Crippen molar-refractivity contribution in [2.45, 2.75) is 13.0 Å². The maximum Gasteiger partial charge on any atom is 0.268 e. The van der Waals surface area contributed by atoms with E-state index in [2.05, 4.69) is 10.6 Å². The molecule has 0 spiro atoms. The average Bonchev–Trinajstić information content (AvgIpc) is 2.93. The van der Waals surface area contributed by atoms with Crippen LogP contribution in [0.1, 0.15) is 40.0 Å². The molecule has 36 heavy (non-hydrogen) atoms. The molecule has 4 aromatic carbocycles. The smallest absolute Gasteiger partial charge is 0.268 e. The molecule has 0 bridgehead atoms. The lowest BCUT2D eigenvalue weighted by atomic mass is 9.98. The molecule has 0 aliphatic rings. The summed E-state index contributed by atoms with van der Waals surface area (Å²) in [6.45, 7) is 2.38. The van der Waals surface area contributed by atoms with Gasteiger partial charge in [-0.25, -0.2) is 0 Å². The molecule has 180 valence electrons. The predicted octanol–water partition coefficient (Wildman–Crippen LogP) is 5.76. The van der Waals surface area contributed by atoms with Gasteiger partial charge in [-0.1, -0.05) is 97.1 Å². The van der Waals surface area contributed by atoms with E-state index in [9.17, 15) is 9.59 Å². The van der Waals surface area contributed by atoms with Crippen LogP contribution >= 0.6 is 0 Å². The Morgan fingerprint density at radius 3 is 1.86 bits per heavy atom. The summed E-state index contributed by atoms with van der Waals surface area (Å²) in [5.74, 6) is -0.160. The van der Waals surface area contributed by atoms with Crippen molar-refractivity contribution in [2.75, 3.05) is 6.61 Å². The molecule has 0 aliphatic carbocycles. The molecule has 4 aromatic rings. The van der Waals surface area contributed by atoms with Crippen molar-refractivity contribution in [1.29, 1.82) is 0 Å². The van der Waals surface area contributed by atoms with Crippen LogP contribution in [0.15, 0.2) is 121 Å². The van der Waals surface area contributed by atoms with Gasteiger partial charge in [-0.15, -0.1) is 0 Å². The Kier molecular flexibility index (Phi) is 8.28. The van der Waals surface area contributed by atoms with Crippen LogP contribution in [0.25, 0.3) is 6.08 Å². The van der Waals surface area contributed by atoms with Gasteiger partial charge in [0.2, 0.25) is 0 Å². The van der Waals surface area contributed by atoms with E-state index in [0.717, 1.165) is 11.1 Å². The Bertz CT molecular complexity index is 1280. The van der Waals surface area contributed by atoms with Crippen LogP contribution in [0.3, 0.4) is 0 Å². The van der Waals surface area contributed by atoms with Crippen molar-refractivity contribution in [3.63, 3.8) is 0 Å². The number of nitrogens with one attached hydrogen (secondary N) is 2. The van der Waals surface area contributed by atoms with Crippen molar-refractivity contribution < 1.29 is 14.3 Å². The van der Waals surface area contributed by atoms with Gasteiger partial charge in [0, 0.05) is 11.1 Å². The summed E-state index contributed by atoms with van der Waals surface area (Å²) in [7, 11) is 0. The number of benzene rings is 4. The van der Waals surface area contributed by atoms with Crippen LogP contribution in [0.2, 0.25) is 0 Å². The van der Waals surface area contributed by atoms with Gasteiger partial charge < -0.3 is 15.4 Å². The molecule has 0 unspecified atom stereocenters. The third-order valence-electron chi connectivity index (χ3n) is 5.59. The second-order valence-electron chi connectivity index (χ2n) is 8.08. The molecule has 5 nitrogen and oxygen atoms in total. The SMILES string of the molecule is CCOc1ccccc1/C=C(/NC(=O)c1ccccc1)C(=O)NC(c1ccccc1)c1ccccc1. The molecule has 0 atom stereocenters. The van der Waals surface area contributed by atoms with Crippen LogP contribution in [0, 0.1) is 0 Å². The fraction of sp³-hybridized carbons (Fsp3) is 0.0968. The van der Waals surface area contributed by atoms with Crippen LogP contribution in [-0.4, -0.2) is 18.4 Å². The molecule has 0 radical (unpaired) electrons. The number of rotatable bonds is 9. The number of carbonyl (C=O) groups excluding carboxylic acids is 2. The first-order valence-electron chi connectivity index (χ1n) is 11.9. The molecule has 5 heteroatoms. The van der Waals surface area contributed by atoms with Crippen molar-refractivity contribution in [3.8, 4) is 5.75 Å². The average molecular weight is 477 g/mol. The van der Waals surface area contributed by atoms with Gasteiger partial charge in [0.15, 0.2) is 0 Å². The van der Waals surface area contributed by atoms with Crippen LogP contribution < -0.4 is 15.4 Å². The van der Waals surface area contributed by atoms with Gasteiger partial charge in [0.05, 0.1) is 12.6 Å². The zero-order valence-corrected chi connectivity index (χ0v) is 20.1. The van der Waals surface area contributed by atoms with Crippen molar-refractivity contribution in [3.05, 3.63) is 143 Å². The summed E-state index contributed by atoms with van der Waals surface area (Å²) in [6.07, 6.45) is 1.65. The summed E-state index contributed by atoms with van der Waals surface area (Å²) >= 11 is 0. The maximum atomic E-state index is 13.7. The predicted molar refractivity (Wildman–Crippen MR) is 142 cm³/mol. The quantitative estimate of drug-likeness (QED) is 0.302. The summed E-state index contributed by atoms with van der Waals surface area (Å²) < 4.78 is 5.74. The number of ether oxygens (including phenoxy) is 1. The van der Waals surface area contributed by atoms with E-state index >= 15 is 0 Å². The van der Waals surface area contributed by atoms with Gasteiger partial charge in [0.1, 0.15) is 11.4 Å². The van der Waals surface area contributed by atoms with Crippen molar-refractivity contribution in [1.82, 2.24) is 10.6 Å². The first-order chi connectivity index (χ1) is 17.7. The zero-order chi connectivity index (χ0) is 25.2. The van der Waals surface area contributed by atoms with Crippen molar-refractivity contribution >= 4 is 17.9 Å². The fourth-order valence-corrected chi connectivity index (χ4v) is 3.84. The minimum Gasteiger partial charge on any atom is -0.493 e. The second kappa shape index (κ2) is 12.2. The zero-order valence-electron chi connectivity index (χ0n) is 20.1. The van der Waals surface area contributed by atoms with E-state index in [1.54, 1.807) is 30.3 Å². The molecule has 4 rings (SSSR count). The summed E-state index contributed by atoms with van der Waals surface area (Å²) in [5, 5.41) is 5.93. The van der Waals surface area contributed by atoms with Gasteiger partial charge in [-0.3, -0.25) is 9.59 Å². The maximum absolute atomic E-state index is 13.7. The topological polar surface area (TPSA) is 67.4 Å². The summed E-state index contributed by atoms with van der Waals surface area (Å²) in [4.78, 5) is 26.7. The second-order valence-corrected chi connectivity index (χ2v) is 8.08. The Morgan fingerprint density at radius 1 is 0.750 bits per heavy atom. The molecule has 0 aromatic heterocycles. The summed E-state index contributed by atoms with van der Waals surface area (Å²) in [6, 6.07) is 35.3. The molecule has 0 fully saturated rings. The van der Waals surface area contributed by atoms with Gasteiger partial charge in [0.25, 0.3) is 11.8 Å². The van der Waals surface area contributed by atoms with E-state index in [1.165, 1.54) is 0 Å². The molecule has 0 saturated carbocycles. The standard InChI is InChI=1S/C31H28N2O3/c1-2-36-28-21-13-12-20-26(28)22-27(32-30(34)25-18-10-5-11-19-25)31(35)33-29(23-14-6-3-7-15-23)24-16-8-4-9-17-24/h3-22,29H,2H2,1H3,(H,32,34)(H,33,35)/b27-22+. The lowest BCUT2D eigenvalue weighted by molar-refractivity contribution is -0.118. The number of hydrogen-bond acceptors (Lipinski definition) is 3. The van der Waals surface area contributed by atoms with E-state index in [1.807, 2.05) is 97.9 Å². The number of amides is 2. The van der Waals surface area contributed by atoms with Gasteiger partial charge >= 0.3 is 0 Å². The van der Waals surface area contributed by atoms with Gasteiger partial charge in [-0.2, -0.15) is 0 Å². The van der Waals surface area contributed by atoms with Gasteiger partial charge in [-0.05, 0) is 42.3 Å². The van der Waals surface area contributed by atoms with E-state index in [-0.39, 0.29) is 11.6 Å². The highest BCUT2D eigenvalue weighted by molar-refractivity contribution is 6.05. The van der Waals surface area contributed by atoms with E-state index < -0.39 is 11.9 Å². The molecule has 0 heterocycles. The molecular weight excluding hydrogens is 448 g/mol. The van der Waals surface area contributed by atoms with Crippen LogP contribution in [-0.2, 0) is 4.79 Å². The summed E-state index contributed by atoms with van der Waals surface area (Å²) in [5.41, 5.74) is 3.12. The fourth-order valence-electron chi connectivity index (χ4n) is 3.84. The first kappa shape index (κ1) is 24.5. The Labute approximate surface area is 211 Å². The van der Waals surface area contributed by atoms with Crippen LogP contribution in [0.5, 0.6) is 5.75 Å². The first-order valence-corrected chi connectivity index (χ1v) is 11.9. The largest absolute Gasteiger partial charge is 0.493 e. The monoisotopic (exact) mass is 476 g/mol. The van der Waals surface area contributed by atoms with E-state index in [0.29, 0.717) is 23.5 Å². The normalized spacial score (nSPS) is 11.1. The Hall–Kier alpha value is -4.64. The Morgan fingerprint density at radius 2 is 1.28 bits per heavy atom. The molecule has 2 amide bonds. The van der Waals surface area contributed by atoms with E-state index in [4.69, 9.17) is 4.74 Å². The number of hydrogen-bond donors (Lipinski definition) is 2. The highest BCUT2D eigenvalue weighted by Crippen LogP contribution is 2.24. The number of para-hydroxylation sites is 1. The third-order valence-corrected chi connectivity index (χ3v) is 5.59. The Balaban J connectivity index is 1.71. The molecule has 0 aliphatic heterocycles.